The molecule has 0 saturated carbocycles. The smallest absolute Gasteiger partial charge is 0.00606 e. The van der Waals surface area contributed by atoms with E-state index >= 15 is 0 Å². The Kier molecular flexibility index (Phi) is 8.20. The van der Waals surface area contributed by atoms with Crippen molar-refractivity contribution >= 4 is 25.3 Å². The van der Waals surface area contributed by atoms with Gasteiger partial charge >= 0.3 is 0 Å². The summed E-state index contributed by atoms with van der Waals surface area (Å²) in [7, 11) is 0. The van der Waals surface area contributed by atoms with Gasteiger partial charge in [0, 0.05) is 0 Å². The van der Waals surface area contributed by atoms with Crippen LogP contribution in [-0.2, 0) is 0 Å². The third-order valence-electron chi connectivity index (χ3n) is 1.88. The summed E-state index contributed by atoms with van der Waals surface area (Å²) in [6.07, 6.45) is 6.31. The predicted molar refractivity (Wildman–Crippen MR) is 73.6 cm³/mol. The normalized spacial score (nSPS) is 13.1. The van der Waals surface area contributed by atoms with Crippen LogP contribution >= 0.6 is 25.3 Å². The summed E-state index contributed by atoms with van der Waals surface area (Å²) in [5.41, 5.74) is 3.74. The Morgan fingerprint density at radius 1 is 1.00 bits per heavy atom. The van der Waals surface area contributed by atoms with Crippen molar-refractivity contribution in [2.24, 2.45) is 0 Å². The zero-order valence-electron chi connectivity index (χ0n) is 9.08. The van der Waals surface area contributed by atoms with Crippen LogP contribution < -0.4 is 0 Å². The van der Waals surface area contributed by atoms with Gasteiger partial charge in [0.1, 0.15) is 0 Å². The first-order valence-corrected chi connectivity index (χ1v) is 6.11. The zero-order chi connectivity index (χ0) is 11.0. The van der Waals surface area contributed by atoms with Gasteiger partial charge in [0.2, 0.25) is 0 Å². The lowest BCUT2D eigenvalue weighted by Gasteiger charge is -2.00. The van der Waals surface area contributed by atoms with E-state index in [4.69, 9.17) is 0 Å². The van der Waals surface area contributed by atoms with Crippen LogP contribution in [0.2, 0.25) is 0 Å². The fourth-order valence-electron chi connectivity index (χ4n) is 1.17. The van der Waals surface area contributed by atoms with E-state index in [1.165, 1.54) is 11.1 Å². The molecule has 0 radical (unpaired) electrons. The van der Waals surface area contributed by atoms with Crippen molar-refractivity contribution in [3.8, 4) is 0 Å². The van der Waals surface area contributed by atoms with Crippen molar-refractivity contribution in [2.75, 3.05) is 11.5 Å². The highest BCUT2D eigenvalue weighted by Crippen LogP contribution is 2.10. The minimum atomic E-state index is 0.898. The molecule has 0 atom stereocenters. The number of hydrogen-bond acceptors (Lipinski definition) is 2. The second-order valence-corrected chi connectivity index (χ2v) is 4.40. The highest BCUT2D eigenvalue weighted by Gasteiger charge is 1.91. The van der Waals surface area contributed by atoms with Crippen LogP contribution in [-0.4, -0.2) is 11.5 Å². The molecule has 0 bridgehead atoms. The van der Waals surface area contributed by atoms with Gasteiger partial charge in [0.25, 0.3) is 0 Å². The van der Waals surface area contributed by atoms with Crippen LogP contribution in [0.15, 0.2) is 35.5 Å². The molecule has 0 aliphatic carbocycles. The van der Waals surface area contributed by atoms with E-state index in [1.54, 1.807) is 0 Å². The lowest BCUT2D eigenvalue weighted by atomic mass is 10.1. The van der Waals surface area contributed by atoms with Gasteiger partial charge in [-0.1, -0.05) is 29.9 Å². The largest absolute Gasteiger partial charge is 0.179 e. The van der Waals surface area contributed by atoms with E-state index in [9.17, 15) is 0 Å². The Balaban J connectivity index is 4.21. The summed E-state index contributed by atoms with van der Waals surface area (Å²) in [6, 6.07) is 0. The first-order chi connectivity index (χ1) is 6.60. The molecule has 0 heterocycles. The van der Waals surface area contributed by atoms with Gasteiger partial charge in [-0.25, -0.2) is 0 Å². The van der Waals surface area contributed by atoms with Crippen molar-refractivity contribution in [3.63, 3.8) is 0 Å². The molecule has 0 aliphatic heterocycles. The molecular weight excluding hydrogens is 208 g/mol. The molecule has 14 heavy (non-hydrogen) atoms. The maximum atomic E-state index is 4.19. The first kappa shape index (κ1) is 13.9. The molecule has 0 aromatic rings. The van der Waals surface area contributed by atoms with Gasteiger partial charge in [-0.2, -0.15) is 25.3 Å². The van der Waals surface area contributed by atoms with Gasteiger partial charge in [0.15, 0.2) is 0 Å². The van der Waals surface area contributed by atoms with E-state index in [0.717, 1.165) is 29.9 Å². The highest BCUT2D eigenvalue weighted by atomic mass is 32.1. The number of rotatable bonds is 6. The molecule has 0 aliphatic rings. The standard InChI is InChI=1S/C12H20S2/c1-10(4-6-13)8-12(3)9-11(2)5-7-14/h8-9,13-14H,3-7H2,1-2H3. The molecule has 0 amide bonds. The average Bonchev–Trinajstić information content (AvgIpc) is 2.03. The van der Waals surface area contributed by atoms with Gasteiger partial charge in [-0.05, 0) is 43.8 Å². The maximum absolute atomic E-state index is 4.19. The van der Waals surface area contributed by atoms with Crippen LogP contribution in [0.25, 0.3) is 0 Å². The molecule has 2 heteroatoms. The third kappa shape index (κ3) is 7.34. The fraction of sp³-hybridized carbons (Fsp3) is 0.500. The second-order valence-electron chi connectivity index (χ2n) is 3.50. The van der Waals surface area contributed by atoms with Crippen molar-refractivity contribution in [3.05, 3.63) is 35.5 Å². The molecule has 0 unspecified atom stereocenters. The molecule has 0 saturated heterocycles. The maximum Gasteiger partial charge on any atom is -0.00606 e. The molecule has 0 aromatic heterocycles. The second kappa shape index (κ2) is 8.25. The summed E-state index contributed by atoms with van der Waals surface area (Å²) in [6.45, 7) is 8.23. The number of thiol groups is 2. The Morgan fingerprint density at radius 3 is 1.64 bits per heavy atom. The van der Waals surface area contributed by atoms with Gasteiger partial charge in [-0.3, -0.25) is 0 Å². The van der Waals surface area contributed by atoms with Gasteiger partial charge < -0.3 is 0 Å². The number of hydrogen-bond donors (Lipinski definition) is 2. The average molecular weight is 228 g/mol. The SMILES string of the molecule is C=C(C=C(C)CCS)C=C(C)CCS. The van der Waals surface area contributed by atoms with E-state index < -0.39 is 0 Å². The highest BCUT2D eigenvalue weighted by molar-refractivity contribution is 7.80. The first-order valence-electron chi connectivity index (χ1n) is 4.85. The Hall–Kier alpha value is -0.0800. The van der Waals surface area contributed by atoms with Gasteiger partial charge in [0.05, 0.1) is 0 Å². The van der Waals surface area contributed by atoms with Crippen LogP contribution in [0.5, 0.6) is 0 Å². The fourth-order valence-corrected chi connectivity index (χ4v) is 1.88. The summed E-state index contributed by atoms with van der Waals surface area (Å²) < 4.78 is 0. The Bertz CT molecular complexity index is 213. The Morgan fingerprint density at radius 2 is 1.36 bits per heavy atom. The van der Waals surface area contributed by atoms with Crippen LogP contribution in [0, 0.1) is 0 Å². The minimum absolute atomic E-state index is 0.898. The van der Waals surface area contributed by atoms with Crippen LogP contribution in [0.1, 0.15) is 26.7 Å². The van der Waals surface area contributed by atoms with Crippen molar-refractivity contribution < 1.29 is 0 Å². The molecule has 0 rings (SSSR count). The lowest BCUT2D eigenvalue weighted by molar-refractivity contribution is 1.10. The van der Waals surface area contributed by atoms with E-state index in [2.05, 4.69) is 57.8 Å². The van der Waals surface area contributed by atoms with E-state index in [-0.39, 0.29) is 0 Å². The van der Waals surface area contributed by atoms with Gasteiger partial charge in [-0.15, -0.1) is 0 Å². The molecule has 0 nitrogen and oxygen atoms in total. The molecule has 0 aromatic carbocycles. The quantitative estimate of drug-likeness (QED) is 0.497. The van der Waals surface area contributed by atoms with Crippen LogP contribution in [0.3, 0.4) is 0 Å². The zero-order valence-corrected chi connectivity index (χ0v) is 10.9. The van der Waals surface area contributed by atoms with Crippen molar-refractivity contribution in [1.82, 2.24) is 0 Å². The van der Waals surface area contributed by atoms with Crippen molar-refractivity contribution in [2.45, 2.75) is 26.7 Å². The van der Waals surface area contributed by atoms with Crippen LogP contribution in [0.4, 0.5) is 0 Å². The third-order valence-corrected chi connectivity index (χ3v) is 2.32. The monoisotopic (exact) mass is 228 g/mol. The minimum Gasteiger partial charge on any atom is -0.179 e. The Labute approximate surface area is 99.0 Å². The van der Waals surface area contributed by atoms with Crippen molar-refractivity contribution in [1.29, 1.82) is 0 Å². The molecular formula is C12H20S2. The molecule has 0 spiro atoms. The van der Waals surface area contributed by atoms with E-state index in [0.29, 0.717) is 0 Å². The topological polar surface area (TPSA) is 0 Å². The summed E-state index contributed by atoms with van der Waals surface area (Å²) in [5.74, 6) is 1.80. The molecule has 0 fully saturated rings. The summed E-state index contributed by atoms with van der Waals surface area (Å²) in [5, 5.41) is 0. The molecule has 80 valence electrons. The lowest BCUT2D eigenvalue weighted by Crippen LogP contribution is -1.83. The summed E-state index contributed by atoms with van der Waals surface area (Å²) >= 11 is 8.38. The van der Waals surface area contributed by atoms with E-state index in [1.807, 2.05) is 0 Å². The number of allylic oxidation sites excluding steroid dienone is 5. The predicted octanol–water partition coefficient (Wildman–Crippen LogP) is 4.08. The molecule has 0 N–H and O–H groups in total. The summed E-state index contributed by atoms with van der Waals surface area (Å²) in [4.78, 5) is 0.